The average molecular weight is 468 g/mol. The lowest BCUT2D eigenvalue weighted by molar-refractivity contribution is -0.112. The van der Waals surface area contributed by atoms with Gasteiger partial charge in [0.1, 0.15) is 22.9 Å². The van der Waals surface area contributed by atoms with E-state index in [1.165, 1.54) is 28.8 Å². The third-order valence-corrected chi connectivity index (χ3v) is 5.39. The van der Waals surface area contributed by atoms with E-state index in [1.54, 1.807) is 31.2 Å². The molecule has 0 fully saturated rings. The first-order valence-corrected chi connectivity index (χ1v) is 10.7. The van der Waals surface area contributed by atoms with Crippen molar-refractivity contribution in [2.45, 2.75) is 20.8 Å². The lowest BCUT2D eigenvalue weighted by Crippen LogP contribution is -2.21. The highest BCUT2D eigenvalue weighted by Crippen LogP contribution is 2.27. The number of nitrogens with one attached hydrogen (secondary N) is 1. The summed E-state index contributed by atoms with van der Waals surface area (Å²) in [7, 11) is 0. The minimum absolute atomic E-state index is 0.148. The third kappa shape index (κ3) is 4.80. The van der Waals surface area contributed by atoms with Gasteiger partial charge in [-0.1, -0.05) is 30.3 Å². The van der Waals surface area contributed by atoms with Gasteiger partial charge in [-0.3, -0.25) is 14.0 Å². The Labute approximate surface area is 200 Å². The van der Waals surface area contributed by atoms with Crippen molar-refractivity contribution >= 4 is 23.3 Å². The second kappa shape index (κ2) is 9.61. The van der Waals surface area contributed by atoms with Gasteiger partial charge in [0.25, 0.3) is 11.5 Å². The van der Waals surface area contributed by atoms with Crippen LogP contribution in [0.3, 0.4) is 0 Å². The van der Waals surface area contributed by atoms with E-state index in [2.05, 4.69) is 10.3 Å². The van der Waals surface area contributed by atoms with Crippen LogP contribution in [-0.2, 0) is 4.79 Å². The third-order valence-electron chi connectivity index (χ3n) is 5.39. The Bertz CT molecular complexity index is 1600. The summed E-state index contributed by atoms with van der Waals surface area (Å²) in [5.74, 6) is -1.72. The number of ether oxygens (including phenoxy) is 1. The maximum absolute atomic E-state index is 14.3. The second-order valence-corrected chi connectivity index (χ2v) is 8.00. The Morgan fingerprint density at radius 3 is 2.63 bits per heavy atom. The molecule has 4 rings (SSSR count). The van der Waals surface area contributed by atoms with Crippen LogP contribution in [0.5, 0.6) is 11.6 Å². The number of benzene rings is 2. The highest BCUT2D eigenvalue weighted by molar-refractivity contribution is 6.10. The first kappa shape index (κ1) is 23.4. The number of hydrogen-bond donors (Lipinski definition) is 1. The minimum atomic E-state index is -0.702. The molecule has 0 saturated carbocycles. The fourth-order valence-corrected chi connectivity index (χ4v) is 3.48. The zero-order chi connectivity index (χ0) is 25.1. The molecule has 2 heterocycles. The summed E-state index contributed by atoms with van der Waals surface area (Å²) in [5, 5.41) is 12.4. The molecule has 0 bridgehead atoms. The molecule has 2 aromatic heterocycles. The predicted octanol–water partition coefficient (Wildman–Crippen LogP) is 5.10. The monoisotopic (exact) mass is 468 g/mol. The molecule has 0 unspecified atom stereocenters. The zero-order valence-electron chi connectivity index (χ0n) is 19.3. The number of halogens is 1. The molecule has 7 nitrogen and oxygen atoms in total. The molecule has 0 saturated heterocycles. The molecule has 2 aromatic carbocycles. The lowest BCUT2D eigenvalue weighted by atomic mass is 10.1. The summed E-state index contributed by atoms with van der Waals surface area (Å²) in [6.07, 6.45) is 2.63. The smallest absolute Gasteiger partial charge is 0.269 e. The Hall–Kier alpha value is -4.77. The molecule has 0 aliphatic carbocycles. The molecule has 174 valence electrons. The number of aryl methyl sites for hydroxylation is 3. The van der Waals surface area contributed by atoms with E-state index in [1.807, 2.05) is 32.0 Å². The standard InChI is InChI=1S/C27H21FN4O3/c1-16-10-11-17(2)22(13-16)30-25(33)19(15-29)14-20-26(35-23-9-5-4-8-21(23)28)31-24-18(3)7-6-12-32(24)27(20)34/h4-14H,1-3H3,(H,30,33)/b19-14-. The van der Waals surface area contributed by atoms with Crippen molar-refractivity contribution in [2.24, 2.45) is 0 Å². The van der Waals surface area contributed by atoms with Crippen molar-refractivity contribution < 1.29 is 13.9 Å². The van der Waals surface area contributed by atoms with E-state index < -0.39 is 17.3 Å². The molecule has 0 aliphatic heterocycles. The normalized spacial score (nSPS) is 11.2. The first-order valence-electron chi connectivity index (χ1n) is 10.7. The number of anilines is 1. The number of amides is 1. The van der Waals surface area contributed by atoms with Crippen LogP contribution in [0.25, 0.3) is 11.7 Å². The van der Waals surface area contributed by atoms with Crippen LogP contribution in [0, 0.1) is 37.9 Å². The summed E-state index contributed by atoms with van der Waals surface area (Å²) >= 11 is 0. The van der Waals surface area contributed by atoms with Crippen LogP contribution in [0.4, 0.5) is 10.1 Å². The fraction of sp³-hybridized carbons (Fsp3) is 0.111. The van der Waals surface area contributed by atoms with Crippen molar-refractivity contribution in [2.75, 3.05) is 5.32 Å². The van der Waals surface area contributed by atoms with Crippen LogP contribution >= 0.6 is 0 Å². The summed E-state index contributed by atoms with van der Waals surface area (Å²) in [6, 6.07) is 16.5. The highest BCUT2D eigenvalue weighted by atomic mass is 19.1. The number of carbonyl (C=O) groups excluding carboxylic acids is 1. The Kier molecular flexibility index (Phi) is 6.42. The van der Waals surface area contributed by atoms with Crippen molar-refractivity contribution in [3.63, 3.8) is 0 Å². The topological polar surface area (TPSA) is 96.5 Å². The number of nitriles is 1. The summed E-state index contributed by atoms with van der Waals surface area (Å²) in [5.41, 5.74) is 2.21. The number of para-hydroxylation sites is 1. The number of rotatable bonds is 5. The van der Waals surface area contributed by atoms with E-state index >= 15 is 0 Å². The molecule has 0 atom stereocenters. The van der Waals surface area contributed by atoms with Crippen molar-refractivity contribution in [1.29, 1.82) is 5.26 Å². The number of pyridine rings is 1. The molecule has 0 aliphatic rings. The summed E-state index contributed by atoms with van der Waals surface area (Å²) in [6.45, 7) is 5.47. The zero-order valence-corrected chi connectivity index (χ0v) is 19.3. The summed E-state index contributed by atoms with van der Waals surface area (Å²) in [4.78, 5) is 30.7. The van der Waals surface area contributed by atoms with E-state index in [0.29, 0.717) is 16.9 Å². The van der Waals surface area contributed by atoms with Crippen LogP contribution in [0.15, 0.2) is 71.2 Å². The van der Waals surface area contributed by atoms with Gasteiger partial charge in [0.2, 0.25) is 5.88 Å². The second-order valence-electron chi connectivity index (χ2n) is 8.00. The molecule has 0 radical (unpaired) electrons. The molecule has 35 heavy (non-hydrogen) atoms. The Morgan fingerprint density at radius 2 is 1.89 bits per heavy atom. The van der Waals surface area contributed by atoms with Gasteiger partial charge in [-0.15, -0.1) is 0 Å². The number of nitrogens with zero attached hydrogens (tertiary/aromatic N) is 3. The van der Waals surface area contributed by atoms with Crippen LogP contribution in [0.1, 0.15) is 22.3 Å². The Balaban J connectivity index is 1.85. The molecular formula is C27H21FN4O3. The van der Waals surface area contributed by atoms with E-state index in [-0.39, 0.29) is 22.8 Å². The van der Waals surface area contributed by atoms with Crippen LogP contribution in [-0.4, -0.2) is 15.3 Å². The lowest BCUT2D eigenvalue weighted by Gasteiger charge is -2.12. The molecule has 1 amide bonds. The number of carbonyl (C=O) groups is 1. The van der Waals surface area contributed by atoms with Crippen molar-refractivity contribution in [3.8, 4) is 17.7 Å². The van der Waals surface area contributed by atoms with Gasteiger partial charge in [0.15, 0.2) is 11.6 Å². The Morgan fingerprint density at radius 1 is 1.11 bits per heavy atom. The minimum Gasteiger partial charge on any atom is -0.435 e. The van der Waals surface area contributed by atoms with Crippen molar-refractivity contribution in [3.05, 3.63) is 105 Å². The summed E-state index contributed by atoms with van der Waals surface area (Å²) < 4.78 is 21.3. The molecule has 1 N–H and O–H groups in total. The van der Waals surface area contributed by atoms with Crippen molar-refractivity contribution in [1.82, 2.24) is 9.38 Å². The molecule has 8 heteroatoms. The number of fused-ring (bicyclic) bond motifs is 1. The van der Waals surface area contributed by atoms with Gasteiger partial charge in [-0.25, -0.2) is 4.39 Å². The van der Waals surface area contributed by atoms with Gasteiger partial charge >= 0.3 is 0 Å². The van der Waals surface area contributed by atoms with Crippen LogP contribution in [0.2, 0.25) is 0 Å². The first-order chi connectivity index (χ1) is 16.8. The molecular weight excluding hydrogens is 447 g/mol. The largest absolute Gasteiger partial charge is 0.435 e. The SMILES string of the molecule is Cc1ccc(C)c(NC(=O)/C(C#N)=C\c2c(Oc3ccccc3F)nc3c(C)cccn3c2=O)c1. The van der Waals surface area contributed by atoms with Crippen LogP contribution < -0.4 is 15.6 Å². The van der Waals surface area contributed by atoms with Gasteiger partial charge in [0.05, 0.1) is 0 Å². The van der Waals surface area contributed by atoms with E-state index in [9.17, 15) is 19.2 Å². The number of aromatic nitrogens is 2. The number of hydrogen-bond acceptors (Lipinski definition) is 5. The van der Waals surface area contributed by atoms with Gasteiger partial charge < -0.3 is 10.1 Å². The van der Waals surface area contributed by atoms with E-state index in [0.717, 1.165) is 17.2 Å². The quantitative estimate of drug-likeness (QED) is 0.325. The maximum atomic E-state index is 14.3. The fourth-order valence-electron chi connectivity index (χ4n) is 3.48. The van der Waals surface area contributed by atoms with E-state index in [4.69, 9.17) is 4.74 Å². The molecule has 0 spiro atoms. The van der Waals surface area contributed by atoms with Gasteiger partial charge in [-0.2, -0.15) is 10.2 Å². The van der Waals surface area contributed by atoms with Gasteiger partial charge in [-0.05, 0) is 67.8 Å². The predicted molar refractivity (Wildman–Crippen MR) is 131 cm³/mol. The maximum Gasteiger partial charge on any atom is 0.269 e. The average Bonchev–Trinajstić information content (AvgIpc) is 2.83. The highest BCUT2D eigenvalue weighted by Gasteiger charge is 2.19. The molecule has 4 aromatic rings. The van der Waals surface area contributed by atoms with Gasteiger partial charge in [0, 0.05) is 11.9 Å².